The van der Waals surface area contributed by atoms with Crippen LogP contribution in [-0.4, -0.2) is 60.8 Å². The summed E-state index contributed by atoms with van der Waals surface area (Å²) in [6.45, 7) is 8.67. The summed E-state index contributed by atoms with van der Waals surface area (Å²) in [5.41, 5.74) is 4.01. The second-order valence-electron chi connectivity index (χ2n) is 9.11. The molecule has 2 fully saturated rings. The van der Waals surface area contributed by atoms with Crippen LogP contribution in [0.15, 0.2) is 0 Å². The van der Waals surface area contributed by atoms with E-state index in [1.165, 1.54) is 54.4 Å². The molecule has 0 radical (unpaired) electrons. The fraction of sp³-hybridized carbons (Fsp3) is 0.625. The number of rotatable bonds is 4. The topological polar surface area (TPSA) is 66.4 Å². The van der Waals surface area contributed by atoms with E-state index in [-0.39, 0.29) is 0 Å². The van der Waals surface area contributed by atoms with Gasteiger partial charge >= 0.3 is 0 Å². The van der Waals surface area contributed by atoms with Gasteiger partial charge in [-0.1, -0.05) is 0 Å². The molecule has 0 amide bonds. The Balaban J connectivity index is 1.57. The number of anilines is 2. The number of hydrogen-bond donors (Lipinski definition) is 1. The molecule has 3 aromatic heterocycles. The van der Waals surface area contributed by atoms with Crippen LogP contribution in [0.4, 0.5) is 11.8 Å². The molecule has 0 unspecified atom stereocenters. The van der Waals surface area contributed by atoms with Crippen LogP contribution < -0.4 is 19.9 Å². The van der Waals surface area contributed by atoms with Gasteiger partial charge in [-0.15, -0.1) is 11.3 Å². The number of aryl methyl sites for hydroxylation is 1. The lowest BCUT2D eigenvalue weighted by atomic mass is 9.89. The Morgan fingerprint density at radius 2 is 1.66 bits per heavy atom. The molecule has 0 atom stereocenters. The van der Waals surface area contributed by atoms with Gasteiger partial charge < -0.3 is 19.9 Å². The van der Waals surface area contributed by atoms with Crippen molar-refractivity contribution in [1.82, 2.24) is 20.3 Å². The van der Waals surface area contributed by atoms with E-state index in [4.69, 9.17) is 19.7 Å². The van der Waals surface area contributed by atoms with Gasteiger partial charge in [-0.05, 0) is 63.0 Å². The van der Waals surface area contributed by atoms with E-state index in [9.17, 15) is 0 Å². The summed E-state index contributed by atoms with van der Waals surface area (Å²) in [7, 11) is 0. The summed E-state index contributed by atoms with van der Waals surface area (Å²) in [6, 6.07) is 0. The molecule has 170 valence electrons. The molecule has 5 heterocycles. The van der Waals surface area contributed by atoms with Gasteiger partial charge in [0.05, 0.1) is 6.61 Å². The molecule has 32 heavy (non-hydrogen) atoms. The largest absolute Gasteiger partial charge is 0.477 e. The number of fused-ring (bicyclic) bond motifs is 5. The van der Waals surface area contributed by atoms with Gasteiger partial charge in [0.2, 0.25) is 11.8 Å². The zero-order chi connectivity index (χ0) is 21.5. The van der Waals surface area contributed by atoms with Crippen LogP contribution in [0.5, 0.6) is 5.88 Å². The maximum absolute atomic E-state index is 6.05. The fourth-order valence-corrected chi connectivity index (χ4v) is 6.56. The first kappa shape index (κ1) is 20.4. The van der Waals surface area contributed by atoms with Crippen molar-refractivity contribution in [2.24, 2.45) is 0 Å². The third-order valence-electron chi connectivity index (χ3n) is 7.06. The van der Waals surface area contributed by atoms with Crippen LogP contribution in [0.3, 0.4) is 0 Å². The smallest absolute Gasteiger partial charge is 0.236 e. The summed E-state index contributed by atoms with van der Waals surface area (Å²) in [4.78, 5) is 21.2. The molecule has 0 aromatic carbocycles. The van der Waals surface area contributed by atoms with Crippen molar-refractivity contribution in [2.45, 2.75) is 51.9 Å². The first-order valence-electron chi connectivity index (χ1n) is 12.3. The van der Waals surface area contributed by atoms with E-state index in [0.29, 0.717) is 6.61 Å². The molecule has 3 aromatic rings. The lowest BCUT2D eigenvalue weighted by Crippen LogP contribution is -2.44. The molecule has 0 bridgehead atoms. The van der Waals surface area contributed by atoms with Crippen molar-refractivity contribution < 1.29 is 4.74 Å². The van der Waals surface area contributed by atoms with Gasteiger partial charge in [0.25, 0.3) is 0 Å². The summed E-state index contributed by atoms with van der Waals surface area (Å²) >= 11 is 1.72. The number of hydrogen-bond acceptors (Lipinski definition) is 8. The normalized spacial score (nSPS) is 19.5. The van der Waals surface area contributed by atoms with Crippen molar-refractivity contribution in [3.8, 4) is 5.88 Å². The monoisotopic (exact) mass is 452 g/mol. The van der Waals surface area contributed by atoms with Gasteiger partial charge in [0.1, 0.15) is 20.9 Å². The Labute approximate surface area is 193 Å². The van der Waals surface area contributed by atoms with Crippen LogP contribution in [0, 0.1) is 0 Å². The summed E-state index contributed by atoms with van der Waals surface area (Å²) < 4.78 is 7.10. The molecule has 3 aliphatic rings. The molecule has 0 spiro atoms. The third kappa shape index (κ3) is 3.48. The molecule has 2 saturated heterocycles. The molecule has 6 rings (SSSR count). The lowest BCUT2D eigenvalue weighted by Gasteiger charge is -2.31. The molecule has 7 nitrogen and oxygen atoms in total. The second kappa shape index (κ2) is 8.63. The van der Waals surface area contributed by atoms with Crippen LogP contribution in [0.2, 0.25) is 0 Å². The standard InChI is InChI=1S/C24H32N6OS/c1-2-31-22-20-19(26-24(28-22)30-14-10-25-11-15-30)18-16-8-4-5-9-17(16)21(27-23(18)32-20)29-12-6-3-7-13-29/h25H,2-15H2,1H3. The van der Waals surface area contributed by atoms with E-state index in [0.717, 1.165) is 79.0 Å². The highest BCUT2D eigenvalue weighted by Crippen LogP contribution is 2.44. The van der Waals surface area contributed by atoms with Crippen molar-refractivity contribution >= 4 is 43.5 Å². The van der Waals surface area contributed by atoms with E-state index in [1.807, 2.05) is 6.92 Å². The number of aromatic nitrogens is 3. The van der Waals surface area contributed by atoms with E-state index in [2.05, 4.69) is 15.1 Å². The van der Waals surface area contributed by atoms with Crippen LogP contribution >= 0.6 is 11.3 Å². The number of piperidine rings is 1. The minimum atomic E-state index is 0.603. The number of ether oxygens (including phenoxy) is 1. The highest BCUT2D eigenvalue weighted by Gasteiger charge is 2.27. The molecule has 8 heteroatoms. The molecular formula is C24H32N6OS. The number of pyridine rings is 1. The third-order valence-corrected chi connectivity index (χ3v) is 8.12. The van der Waals surface area contributed by atoms with Gasteiger partial charge in [-0.3, -0.25) is 0 Å². The Morgan fingerprint density at radius 3 is 2.44 bits per heavy atom. The lowest BCUT2D eigenvalue weighted by molar-refractivity contribution is 0.331. The average Bonchev–Trinajstić information content (AvgIpc) is 3.24. The molecular weight excluding hydrogens is 420 g/mol. The van der Waals surface area contributed by atoms with Crippen molar-refractivity contribution in [1.29, 1.82) is 0 Å². The summed E-state index contributed by atoms with van der Waals surface area (Å²) in [5, 5.41) is 4.69. The first-order valence-corrected chi connectivity index (χ1v) is 13.1. The van der Waals surface area contributed by atoms with Gasteiger partial charge in [-0.2, -0.15) is 4.98 Å². The minimum Gasteiger partial charge on any atom is -0.477 e. The molecule has 2 aliphatic heterocycles. The quantitative estimate of drug-likeness (QED) is 0.644. The summed E-state index contributed by atoms with van der Waals surface area (Å²) in [5.74, 6) is 2.76. The Hall–Kier alpha value is -2.19. The van der Waals surface area contributed by atoms with Crippen molar-refractivity contribution in [3.63, 3.8) is 0 Å². The van der Waals surface area contributed by atoms with E-state index >= 15 is 0 Å². The predicted molar refractivity (Wildman–Crippen MR) is 132 cm³/mol. The average molecular weight is 453 g/mol. The Morgan fingerprint density at radius 1 is 0.875 bits per heavy atom. The number of thiophene rings is 1. The Kier molecular flexibility index (Phi) is 5.51. The van der Waals surface area contributed by atoms with Crippen molar-refractivity contribution in [2.75, 3.05) is 55.7 Å². The minimum absolute atomic E-state index is 0.603. The highest BCUT2D eigenvalue weighted by atomic mass is 32.1. The van der Waals surface area contributed by atoms with E-state index < -0.39 is 0 Å². The highest BCUT2D eigenvalue weighted by molar-refractivity contribution is 7.25. The number of nitrogens with one attached hydrogen (secondary N) is 1. The zero-order valence-electron chi connectivity index (χ0n) is 19.0. The number of nitrogens with zero attached hydrogens (tertiary/aromatic N) is 5. The van der Waals surface area contributed by atoms with Crippen LogP contribution in [0.25, 0.3) is 20.4 Å². The molecule has 1 N–H and O–H groups in total. The first-order chi connectivity index (χ1) is 15.8. The van der Waals surface area contributed by atoms with Crippen LogP contribution in [0.1, 0.15) is 50.2 Å². The Bertz CT molecular complexity index is 1130. The SMILES string of the molecule is CCOc1nc(N2CCNCC2)nc2c1sc1nc(N3CCCCC3)c3c(c12)CCCC3. The maximum atomic E-state index is 6.05. The van der Waals surface area contributed by atoms with E-state index in [1.54, 1.807) is 11.3 Å². The predicted octanol–water partition coefficient (Wildman–Crippen LogP) is 3.92. The second-order valence-corrected chi connectivity index (χ2v) is 10.1. The van der Waals surface area contributed by atoms with Gasteiger partial charge in [0, 0.05) is 44.7 Å². The molecule has 0 saturated carbocycles. The van der Waals surface area contributed by atoms with Crippen molar-refractivity contribution in [3.05, 3.63) is 11.1 Å². The number of piperazine rings is 1. The molecule has 1 aliphatic carbocycles. The van der Waals surface area contributed by atoms with Gasteiger partial charge in [0.15, 0.2) is 0 Å². The fourth-order valence-electron chi connectivity index (χ4n) is 5.48. The maximum Gasteiger partial charge on any atom is 0.236 e. The van der Waals surface area contributed by atoms with Gasteiger partial charge in [-0.25, -0.2) is 9.97 Å². The summed E-state index contributed by atoms with van der Waals surface area (Å²) in [6.07, 6.45) is 8.65. The zero-order valence-corrected chi connectivity index (χ0v) is 19.8. The van der Waals surface area contributed by atoms with Crippen LogP contribution in [-0.2, 0) is 12.8 Å².